The highest BCUT2D eigenvalue weighted by Crippen LogP contribution is 2.34. The Morgan fingerprint density at radius 3 is 2.33 bits per heavy atom. The highest BCUT2D eigenvalue weighted by molar-refractivity contribution is 5.95. The van der Waals surface area contributed by atoms with Gasteiger partial charge in [-0.15, -0.1) is 0 Å². The van der Waals surface area contributed by atoms with Gasteiger partial charge in [0.2, 0.25) is 0 Å². The molecule has 0 aliphatic rings. The number of Topliss-reactive ketones (excluding diaryl/α,β-unsaturated/α-hetero) is 1. The van der Waals surface area contributed by atoms with Gasteiger partial charge in [0.15, 0.2) is 11.5 Å². The normalized spacial score (nSPS) is 10.6. The molecule has 1 rings (SSSR count). The number of carbonyl (C=O) groups excluding carboxylic acids is 1. The molecule has 0 aliphatic carbocycles. The van der Waals surface area contributed by atoms with Gasteiger partial charge in [0.05, 0.1) is 11.1 Å². The Morgan fingerprint density at radius 1 is 1.33 bits per heavy atom. The van der Waals surface area contributed by atoms with Crippen LogP contribution in [0.5, 0.6) is 5.75 Å². The topological polar surface area (TPSA) is 50.1 Å². The van der Waals surface area contributed by atoms with Gasteiger partial charge < -0.3 is 4.74 Å². The first-order valence-electron chi connectivity index (χ1n) is 4.68. The van der Waals surface area contributed by atoms with E-state index < -0.39 is 35.7 Å². The molecule has 0 N–H and O–H groups in total. The van der Waals surface area contributed by atoms with Crippen LogP contribution in [0.2, 0.25) is 0 Å². The molecule has 0 heterocycles. The number of nitrogens with zero attached hydrogens (tertiary/aromatic N) is 1. The summed E-state index contributed by atoms with van der Waals surface area (Å²) in [5.41, 5.74) is -1.60. The van der Waals surface area contributed by atoms with Gasteiger partial charge in [-0.3, -0.25) is 4.79 Å². The van der Waals surface area contributed by atoms with E-state index in [0.29, 0.717) is 0 Å². The zero-order chi connectivity index (χ0) is 13.9. The van der Waals surface area contributed by atoms with Gasteiger partial charge in [-0.1, -0.05) is 0 Å². The van der Waals surface area contributed by atoms with Crippen LogP contribution in [-0.2, 0) is 0 Å². The van der Waals surface area contributed by atoms with Crippen LogP contribution in [-0.4, -0.2) is 12.4 Å². The van der Waals surface area contributed by atoms with Crippen molar-refractivity contribution in [3.8, 4) is 11.8 Å². The Hall–Kier alpha value is -2.10. The molecule has 1 aromatic rings. The minimum Gasteiger partial charge on any atom is -0.433 e. The fourth-order valence-electron chi connectivity index (χ4n) is 1.32. The van der Waals surface area contributed by atoms with Gasteiger partial charge in [0.1, 0.15) is 6.07 Å². The van der Waals surface area contributed by atoms with E-state index in [0.717, 1.165) is 19.1 Å². The number of nitriles is 1. The zero-order valence-corrected chi connectivity index (χ0v) is 9.08. The Labute approximate surface area is 99.6 Å². The first kappa shape index (κ1) is 14.0. The summed E-state index contributed by atoms with van der Waals surface area (Å²) in [7, 11) is 0. The summed E-state index contributed by atoms with van der Waals surface area (Å²) < 4.78 is 53.5. The lowest BCUT2D eigenvalue weighted by atomic mass is 10.0. The number of rotatable bonds is 4. The van der Waals surface area contributed by atoms with Crippen LogP contribution < -0.4 is 4.74 Å². The molecule has 0 amide bonds. The molecular formula is C11H7F4NO2. The van der Waals surface area contributed by atoms with Crippen LogP contribution >= 0.6 is 0 Å². The van der Waals surface area contributed by atoms with E-state index in [9.17, 15) is 22.4 Å². The molecule has 96 valence electrons. The lowest BCUT2D eigenvalue weighted by Crippen LogP contribution is -2.08. The average molecular weight is 261 g/mol. The maximum absolute atomic E-state index is 12.7. The van der Waals surface area contributed by atoms with E-state index in [1.807, 2.05) is 0 Å². The van der Waals surface area contributed by atoms with Gasteiger partial charge >= 0.3 is 6.61 Å². The molecule has 0 saturated carbocycles. The van der Waals surface area contributed by atoms with Crippen LogP contribution in [0.1, 0.15) is 34.8 Å². The molecule has 0 spiro atoms. The quantitative estimate of drug-likeness (QED) is 0.617. The third-order valence-corrected chi connectivity index (χ3v) is 2.09. The second kappa shape index (κ2) is 5.49. The molecule has 0 bridgehead atoms. The van der Waals surface area contributed by atoms with Crippen LogP contribution in [0.15, 0.2) is 12.1 Å². The van der Waals surface area contributed by atoms with Crippen molar-refractivity contribution in [2.75, 3.05) is 0 Å². The molecule has 0 radical (unpaired) electrons. The van der Waals surface area contributed by atoms with Crippen molar-refractivity contribution in [1.82, 2.24) is 0 Å². The van der Waals surface area contributed by atoms with E-state index in [-0.39, 0.29) is 5.56 Å². The van der Waals surface area contributed by atoms with Crippen LogP contribution in [0, 0.1) is 11.3 Å². The van der Waals surface area contributed by atoms with Crippen molar-refractivity contribution < 1.29 is 27.1 Å². The maximum Gasteiger partial charge on any atom is 0.387 e. The molecule has 0 atom stereocenters. The van der Waals surface area contributed by atoms with Crippen LogP contribution in [0.3, 0.4) is 0 Å². The predicted molar refractivity (Wildman–Crippen MR) is 52.8 cm³/mol. The SMILES string of the molecule is CC(=O)c1cc(C#N)c(OC(F)F)c(C(F)F)c1. The third kappa shape index (κ3) is 2.97. The summed E-state index contributed by atoms with van der Waals surface area (Å²) in [5.74, 6) is -1.45. The zero-order valence-electron chi connectivity index (χ0n) is 9.08. The average Bonchev–Trinajstić information content (AvgIpc) is 2.27. The predicted octanol–water partition coefficient (Wildman–Crippen LogP) is 3.30. The number of ether oxygens (including phenoxy) is 1. The van der Waals surface area contributed by atoms with E-state index >= 15 is 0 Å². The maximum atomic E-state index is 12.7. The van der Waals surface area contributed by atoms with Gasteiger partial charge in [0, 0.05) is 5.56 Å². The van der Waals surface area contributed by atoms with Gasteiger partial charge in [-0.25, -0.2) is 8.78 Å². The summed E-state index contributed by atoms with van der Waals surface area (Å²) in [5, 5.41) is 8.71. The summed E-state index contributed by atoms with van der Waals surface area (Å²) in [6.07, 6.45) is -3.13. The number of benzene rings is 1. The fraction of sp³-hybridized carbons (Fsp3) is 0.273. The number of alkyl halides is 4. The van der Waals surface area contributed by atoms with E-state index in [4.69, 9.17) is 5.26 Å². The first-order chi connectivity index (χ1) is 8.36. The molecule has 0 saturated heterocycles. The van der Waals surface area contributed by atoms with Crippen LogP contribution in [0.4, 0.5) is 17.6 Å². The Balaban J connectivity index is 3.47. The van der Waals surface area contributed by atoms with Gasteiger partial charge in [-0.2, -0.15) is 14.0 Å². The third-order valence-electron chi connectivity index (χ3n) is 2.09. The van der Waals surface area contributed by atoms with Crippen molar-refractivity contribution in [1.29, 1.82) is 5.26 Å². The monoisotopic (exact) mass is 261 g/mol. The van der Waals surface area contributed by atoms with Crippen molar-refractivity contribution in [3.05, 3.63) is 28.8 Å². The number of hydrogen-bond acceptors (Lipinski definition) is 3. The minimum atomic E-state index is -3.34. The number of ketones is 1. The molecule has 7 heteroatoms. The number of hydrogen-bond donors (Lipinski definition) is 0. The van der Waals surface area contributed by atoms with Crippen molar-refractivity contribution in [2.24, 2.45) is 0 Å². The highest BCUT2D eigenvalue weighted by atomic mass is 19.3. The van der Waals surface area contributed by atoms with Gasteiger partial charge in [-0.05, 0) is 19.1 Å². The van der Waals surface area contributed by atoms with E-state index in [2.05, 4.69) is 4.74 Å². The lowest BCUT2D eigenvalue weighted by molar-refractivity contribution is -0.0521. The molecule has 0 fully saturated rings. The molecule has 18 heavy (non-hydrogen) atoms. The Morgan fingerprint density at radius 2 is 1.94 bits per heavy atom. The molecule has 3 nitrogen and oxygen atoms in total. The summed E-state index contributed by atoms with van der Waals surface area (Å²) in [4.78, 5) is 11.1. The number of halogens is 4. The lowest BCUT2D eigenvalue weighted by Gasteiger charge is -2.13. The number of carbonyl (C=O) groups is 1. The fourth-order valence-corrected chi connectivity index (χ4v) is 1.32. The van der Waals surface area contributed by atoms with Crippen molar-refractivity contribution in [2.45, 2.75) is 20.0 Å². The highest BCUT2D eigenvalue weighted by Gasteiger charge is 2.23. The van der Waals surface area contributed by atoms with Crippen LogP contribution in [0.25, 0.3) is 0 Å². The minimum absolute atomic E-state index is 0.163. The van der Waals surface area contributed by atoms with Crippen molar-refractivity contribution in [3.63, 3.8) is 0 Å². The van der Waals surface area contributed by atoms with E-state index in [1.54, 1.807) is 0 Å². The van der Waals surface area contributed by atoms with E-state index in [1.165, 1.54) is 6.07 Å². The molecule has 0 unspecified atom stereocenters. The smallest absolute Gasteiger partial charge is 0.387 e. The summed E-state index contributed by atoms with van der Waals surface area (Å²) in [6.45, 7) is -2.22. The standard InChI is InChI=1S/C11H7F4NO2/c1-5(17)6-2-7(4-16)9(18-11(14)15)8(3-6)10(12)13/h2-3,10-11H,1H3. The second-order valence-corrected chi connectivity index (χ2v) is 3.29. The Kier molecular flexibility index (Phi) is 4.26. The second-order valence-electron chi connectivity index (χ2n) is 3.29. The van der Waals surface area contributed by atoms with Gasteiger partial charge in [0.25, 0.3) is 6.43 Å². The van der Waals surface area contributed by atoms with Crippen molar-refractivity contribution >= 4 is 5.78 Å². The first-order valence-corrected chi connectivity index (χ1v) is 4.68. The molecular weight excluding hydrogens is 254 g/mol. The molecule has 0 aliphatic heterocycles. The summed E-state index contributed by atoms with van der Waals surface area (Å²) in [6, 6.07) is 3.13. The largest absolute Gasteiger partial charge is 0.433 e. The molecule has 1 aromatic carbocycles. The molecule has 0 aromatic heterocycles. The Bertz CT molecular complexity index is 509. The summed E-state index contributed by atoms with van der Waals surface area (Å²) >= 11 is 0.